The molecule has 0 aromatic carbocycles. The Hall–Kier alpha value is -1.62. The second kappa shape index (κ2) is 6.02. The standard InChI is InChI=1S/C14H23N5/c1-5-12-7-13(18(4)17-12)10-19-11(3)16-9-14(19)8-15-6-2/h7,9,15H,5-6,8,10H2,1-4H3. The van der Waals surface area contributed by atoms with Crippen molar-refractivity contribution < 1.29 is 0 Å². The van der Waals surface area contributed by atoms with E-state index in [0.29, 0.717) is 0 Å². The third-order valence-corrected chi connectivity index (χ3v) is 3.40. The van der Waals surface area contributed by atoms with Crippen LogP contribution in [0.4, 0.5) is 0 Å². The lowest BCUT2D eigenvalue weighted by molar-refractivity contribution is 0.611. The van der Waals surface area contributed by atoms with Gasteiger partial charge in [0.2, 0.25) is 0 Å². The average molecular weight is 261 g/mol. The van der Waals surface area contributed by atoms with Crippen LogP contribution in [0.3, 0.4) is 0 Å². The molecule has 0 saturated carbocycles. The third kappa shape index (κ3) is 3.04. The van der Waals surface area contributed by atoms with E-state index < -0.39 is 0 Å². The van der Waals surface area contributed by atoms with Crippen molar-refractivity contribution in [2.24, 2.45) is 7.05 Å². The zero-order chi connectivity index (χ0) is 13.8. The number of rotatable bonds is 6. The Morgan fingerprint density at radius 2 is 2.05 bits per heavy atom. The van der Waals surface area contributed by atoms with Crippen LogP contribution in [0.15, 0.2) is 12.3 Å². The molecule has 0 aliphatic carbocycles. The van der Waals surface area contributed by atoms with Crippen molar-refractivity contribution in [1.29, 1.82) is 0 Å². The summed E-state index contributed by atoms with van der Waals surface area (Å²) >= 11 is 0. The van der Waals surface area contributed by atoms with E-state index in [0.717, 1.165) is 37.6 Å². The average Bonchev–Trinajstić information content (AvgIpc) is 2.93. The minimum Gasteiger partial charge on any atom is -0.325 e. The highest BCUT2D eigenvalue weighted by molar-refractivity contribution is 5.14. The number of aryl methyl sites for hydroxylation is 3. The van der Waals surface area contributed by atoms with E-state index in [-0.39, 0.29) is 0 Å². The molecule has 0 aliphatic heterocycles. The Kier molecular flexibility index (Phi) is 4.37. The molecule has 5 heteroatoms. The van der Waals surface area contributed by atoms with Crippen molar-refractivity contribution in [2.45, 2.75) is 40.3 Å². The molecule has 0 bridgehead atoms. The van der Waals surface area contributed by atoms with Gasteiger partial charge in [0, 0.05) is 19.8 Å². The van der Waals surface area contributed by atoms with Crippen molar-refractivity contribution in [3.63, 3.8) is 0 Å². The Morgan fingerprint density at radius 3 is 2.68 bits per heavy atom. The molecule has 0 fully saturated rings. The van der Waals surface area contributed by atoms with Gasteiger partial charge in [-0.3, -0.25) is 4.68 Å². The van der Waals surface area contributed by atoms with Gasteiger partial charge in [-0.25, -0.2) is 4.98 Å². The highest BCUT2D eigenvalue weighted by Crippen LogP contribution is 2.11. The Bertz CT molecular complexity index is 538. The number of nitrogens with zero attached hydrogens (tertiary/aromatic N) is 4. The van der Waals surface area contributed by atoms with Gasteiger partial charge in [-0.2, -0.15) is 5.10 Å². The summed E-state index contributed by atoms with van der Waals surface area (Å²) in [4.78, 5) is 4.42. The summed E-state index contributed by atoms with van der Waals surface area (Å²) in [6.45, 7) is 8.95. The second-order valence-corrected chi connectivity index (χ2v) is 4.77. The van der Waals surface area contributed by atoms with E-state index >= 15 is 0 Å². The minimum absolute atomic E-state index is 0.829. The van der Waals surface area contributed by atoms with Gasteiger partial charge >= 0.3 is 0 Å². The lowest BCUT2D eigenvalue weighted by atomic mass is 10.3. The molecule has 2 aromatic rings. The van der Waals surface area contributed by atoms with E-state index in [1.807, 2.05) is 24.9 Å². The third-order valence-electron chi connectivity index (χ3n) is 3.40. The summed E-state index contributed by atoms with van der Waals surface area (Å²) in [7, 11) is 2.00. The zero-order valence-corrected chi connectivity index (χ0v) is 12.3. The predicted molar refractivity (Wildman–Crippen MR) is 76.0 cm³/mol. The van der Waals surface area contributed by atoms with Crippen molar-refractivity contribution in [2.75, 3.05) is 6.54 Å². The Balaban J connectivity index is 2.21. The van der Waals surface area contributed by atoms with E-state index in [4.69, 9.17) is 0 Å². The number of nitrogens with one attached hydrogen (secondary N) is 1. The minimum atomic E-state index is 0.829. The van der Waals surface area contributed by atoms with E-state index in [1.54, 1.807) is 0 Å². The highest BCUT2D eigenvalue weighted by Gasteiger charge is 2.10. The first-order valence-electron chi connectivity index (χ1n) is 6.89. The predicted octanol–water partition coefficient (Wildman–Crippen LogP) is 1.65. The quantitative estimate of drug-likeness (QED) is 0.860. The molecule has 2 rings (SSSR count). The zero-order valence-electron chi connectivity index (χ0n) is 12.3. The van der Waals surface area contributed by atoms with Crippen LogP contribution in [-0.2, 0) is 26.6 Å². The number of imidazole rings is 1. The van der Waals surface area contributed by atoms with Crippen LogP contribution in [0, 0.1) is 6.92 Å². The molecule has 0 aliphatic rings. The fraction of sp³-hybridized carbons (Fsp3) is 0.571. The van der Waals surface area contributed by atoms with Gasteiger partial charge in [-0.15, -0.1) is 0 Å². The lowest BCUT2D eigenvalue weighted by Gasteiger charge is -2.10. The molecule has 0 unspecified atom stereocenters. The largest absolute Gasteiger partial charge is 0.325 e. The summed E-state index contributed by atoms with van der Waals surface area (Å²) < 4.78 is 4.22. The fourth-order valence-electron chi connectivity index (χ4n) is 2.18. The van der Waals surface area contributed by atoms with Gasteiger partial charge in [0.25, 0.3) is 0 Å². The summed E-state index contributed by atoms with van der Waals surface area (Å²) in [6, 6.07) is 2.18. The molecule has 0 atom stereocenters. The van der Waals surface area contributed by atoms with Crippen molar-refractivity contribution in [3.8, 4) is 0 Å². The molecule has 1 N–H and O–H groups in total. The summed E-state index contributed by atoms with van der Waals surface area (Å²) in [5, 5.41) is 7.85. The van der Waals surface area contributed by atoms with Gasteiger partial charge in [-0.1, -0.05) is 13.8 Å². The van der Waals surface area contributed by atoms with Gasteiger partial charge in [0.15, 0.2) is 0 Å². The fourth-order valence-corrected chi connectivity index (χ4v) is 2.18. The normalized spacial score (nSPS) is 11.2. The topological polar surface area (TPSA) is 47.7 Å². The van der Waals surface area contributed by atoms with Crippen LogP contribution >= 0.6 is 0 Å². The van der Waals surface area contributed by atoms with Crippen LogP contribution in [0.1, 0.15) is 36.8 Å². The van der Waals surface area contributed by atoms with Crippen LogP contribution in [0.2, 0.25) is 0 Å². The second-order valence-electron chi connectivity index (χ2n) is 4.77. The van der Waals surface area contributed by atoms with Crippen LogP contribution in [0.5, 0.6) is 0 Å². The van der Waals surface area contributed by atoms with Crippen LogP contribution in [0.25, 0.3) is 0 Å². The number of aromatic nitrogens is 4. The SMILES string of the molecule is CCNCc1cnc(C)n1Cc1cc(CC)nn1C. The highest BCUT2D eigenvalue weighted by atomic mass is 15.3. The molecule has 0 amide bonds. The van der Waals surface area contributed by atoms with Gasteiger partial charge in [-0.05, 0) is 26.0 Å². The molecule has 19 heavy (non-hydrogen) atoms. The first-order valence-corrected chi connectivity index (χ1v) is 6.89. The van der Waals surface area contributed by atoms with Crippen molar-refractivity contribution in [3.05, 3.63) is 35.2 Å². The van der Waals surface area contributed by atoms with Gasteiger partial charge < -0.3 is 9.88 Å². The van der Waals surface area contributed by atoms with Crippen molar-refractivity contribution >= 4 is 0 Å². The molecule has 104 valence electrons. The molecular weight excluding hydrogens is 238 g/mol. The number of hydrogen-bond donors (Lipinski definition) is 1. The van der Waals surface area contributed by atoms with Crippen LogP contribution in [-0.4, -0.2) is 25.9 Å². The number of hydrogen-bond acceptors (Lipinski definition) is 3. The first kappa shape index (κ1) is 13.8. The maximum atomic E-state index is 4.50. The van der Waals surface area contributed by atoms with Gasteiger partial charge in [0.1, 0.15) is 5.82 Å². The lowest BCUT2D eigenvalue weighted by Crippen LogP contribution is -2.17. The molecule has 2 aromatic heterocycles. The molecular formula is C14H23N5. The summed E-state index contributed by atoms with van der Waals surface area (Å²) in [5.74, 6) is 1.05. The Labute approximate surface area is 114 Å². The molecule has 0 radical (unpaired) electrons. The molecule has 5 nitrogen and oxygen atoms in total. The maximum absolute atomic E-state index is 4.50. The monoisotopic (exact) mass is 261 g/mol. The van der Waals surface area contributed by atoms with E-state index in [1.165, 1.54) is 11.4 Å². The molecule has 0 saturated heterocycles. The summed E-state index contributed by atoms with van der Waals surface area (Å²) in [6.07, 6.45) is 2.93. The van der Waals surface area contributed by atoms with Gasteiger partial charge in [0.05, 0.1) is 23.6 Å². The summed E-state index contributed by atoms with van der Waals surface area (Å²) in [5.41, 5.74) is 3.58. The maximum Gasteiger partial charge on any atom is 0.106 e. The van der Waals surface area contributed by atoms with E-state index in [9.17, 15) is 0 Å². The van der Waals surface area contributed by atoms with Crippen molar-refractivity contribution in [1.82, 2.24) is 24.6 Å². The molecule has 0 spiro atoms. The first-order chi connectivity index (χ1) is 9.15. The van der Waals surface area contributed by atoms with E-state index in [2.05, 4.69) is 39.9 Å². The smallest absolute Gasteiger partial charge is 0.106 e. The van der Waals surface area contributed by atoms with Crippen LogP contribution < -0.4 is 5.32 Å². The Morgan fingerprint density at radius 1 is 1.26 bits per heavy atom. The molecule has 2 heterocycles.